The standard InChI is InChI=1S/C10H11NO4/c1-13-10(12)7-4-6(11)5-8-9(7)15-3-2-14-8/h4-5H,2-3,11H2,1H3. The lowest BCUT2D eigenvalue weighted by Crippen LogP contribution is -2.18. The third-order valence-corrected chi connectivity index (χ3v) is 2.07. The Bertz CT molecular complexity index is 403. The van der Waals surface area contributed by atoms with Crippen molar-refractivity contribution in [1.29, 1.82) is 0 Å². The highest BCUT2D eigenvalue weighted by atomic mass is 16.6. The third-order valence-electron chi connectivity index (χ3n) is 2.07. The van der Waals surface area contributed by atoms with Gasteiger partial charge in [-0.25, -0.2) is 4.79 Å². The Morgan fingerprint density at radius 3 is 2.87 bits per heavy atom. The number of hydrogen-bond acceptors (Lipinski definition) is 5. The fourth-order valence-electron chi connectivity index (χ4n) is 1.44. The average molecular weight is 209 g/mol. The van der Waals surface area contributed by atoms with Crippen LogP contribution < -0.4 is 15.2 Å². The predicted molar refractivity (Wildman–Crippen MR) is 53.2 cm³/mol. The molecule has 1 aromatic rings. The monoisotopic (exact) mass is 209 g/mol. The first kappa shape index (κ1) is 9.64. The molecule has 15 heavy (non-hydrogen) atoms. The molecular weight excluding hydrogens is 198 g/mol. The van der Waals surface area contributed by atoms with Crippen molar-refractivity contribution in [3.63, 3.8) is 0 Å². The first-order valence-corrected chi connectivity index (χ1v) is 4.50. The lowest BCUT2D eigenvalue weighted by Gasteiger charge is -2.20. The van der Waals surface area contributed by atoms with E-state index < -0.39 is 5.97 Å². The van der Waals surface area contributed by atoms with Gasteiger partial charge in [0.2, 0.25) is 0 Å². The molecule has 2 rings (SSSR count). The lowest BCUT2D eigenvalue weighted by atomic mass is 10.1. The van der Waals surface area contributed by atoms with Crippen LogP contribution in [0.4, 0.5) is 5.69 Å². The van der Waals surface area contributed by atoms with Crippen LogP contribution >= 0.6 is 0 Å². The second-order valence-electron chi connectivity index (χ2n) is 3.08. The highest BCUT2D eigenvalue weighted by Crippen LogP contribution is 2.36. The van der Waals surface area contributed by atoms with E-state index in [9.17, 15) is 4.79 Å². The van der Waals surface area contributed by atoms with Gasteiger partial charge in [0, 0.05) is 11.8 Å². The van der Waals surface area contributed by atoms with Gasteiger partial charge < -0.3 is 19.9 Å². The van der Waals surface area contributed by atoms with Crippen LogP contribution in [0.5, 0.6) is 11.5 Å². The van der Waals surface area contributed by atoms with E-state index in [1.807, 2.05) is 0 Å². The van der Waals surface area contributed by atoms with Crippen LogP contribution in [0, 0.1) is 0 Å². The molecule has 1 aliphatic heterocycles. The highest BCUT2D eigenvalue weighted by Gasteiger charge is 2.21. The minimum atomic E-state index is -0.482. The molecule has 0 spiro atoms. The SMILES string of the molecule is COC(=O)c1cc(N)cc2c1OCCO2. The molecule has 1 heterocycles. The summed E-state index contributed by atoms with van der Waals surface area (Å²) < 4.78 is 15.3. The normalized spacial score (nSPS) is 13.4. The maximum atomic E-state index is 11.4. The topological polar surface area (TPSA) is 70.8 Å². The van der Waals surface area contributed by atoms with Gasteiger partial charge in [-0.3, -0.25) is 0 Å². The summed E-state index contributed by atoms with van der Waals surface area (Å²) in [6, 6.07) is 3.14. The van der Waals surface area contributed by atoms with Crippen LogP contribution in [0.25, 0.3) is 0 Å². The smallest absolute Gasteiger partial charge is 0.341 e. The number of fused-ring (bicyclic) bond motifs is 1. The summed E-state index contributed by atoms with van der Waals surface area (Å²) >= 11 is 0. The number of methoxy groups -OCH3 is 1. The number of esters is 1. The van der Waals surface area contributed by atoms with Crippen molar-refractivity contribution in [2.24, 2.45) is 0 Å². The van der Waals surface area contributed by atoms with E-state index in [2.05, 4.69) is 4.74 Å². The molecule has 5 nitrogen and oxygen atoms in total. The second kappa shape index (κ2) is 3.68. The van der Waals surface area contributed by atoms with Gasteiger partial charge in [-0.2, -0.15) is 0 Å². The number of carbonyl (C=O) groups is 1. The van der Waals surface area contributed by atoms with Crippen LogP contribution in [0.3, 0.4) is 0 Å². The molecule has 0 aliphatic carbocycles. The van der Waals surface area contributed by atoms with Crippen molar-refractivity contribution in [2.45, 2.75) is 0 Å². The molecule has 0 atom stereocenters. The molecule has 0 fully saturated rings. The van der Waals surface area contributed by atoms with Gasteiger partial charge in [0.15, 0.2) is 11.5 Å². The van der Waals surface area contributed by atoms with Gasteiger partial charge >= 0.3 is 5.97 Å². The van der Waals surface area contributed by atoms with E-state index in [1.54, 1.807) is 6.07 Å². The molecule has 80 valence electrons. The number of hydrogen-bond donors (Lipinski definition) is 1. The van der Waals surface area contributed by atoms with Gasteiger partial charge in [-0.15, -0.1) is 0 Å². The average Bonchev–Trinajstić information content (AvgIpc) is 2.26. The van der Waals surface area contributed by atoms with Crippen molar-refractivity contribution < 1.29 is 19.0 Å². The zero-order valence-corrected chi connectivity index (χ0v) is 8.28. The van der Waals surface area contributed by atoms with Gasteiger partial charge in [0.05, 0.1) is 7.11 Å². The summed E-state index contributed by atoms with van der Waals surface area (Å²) in [6.45, 7) is 0.873. The van der Waals surface area contributed by atoms with Crippen LogP contribution in [-0.4, -0.2) is 26.3 Å². The minimum absolute atomic E-state index is 0.298. The van der Waals surface area contributed by atoms with Gasteiger partial charge in [-0.1, -0.05) is 0 Å². The summed E-state index contributed by atoms with van der Waals surface area (Å²) in [5.74, 6) is 0.410. The van der Waals surface area contributed by atoms with Crippen molar-refractivity contribution in [3.05, 3.63) is 17.7 Å². The molecule has 0 bridgehead atoms. The van der Waals surface area contributed by atoms with Gasteiger partial charge in [0.25, 0.3) is 0 Å². The Hall–Kier alpha value is -1.91. The van der Waals surface area contributed by atoms with Crippen LogP contribution in [0.15, 0.2) is 12.1 Å². The van der Waals surface area contributed by atoms with Crippen molar-refractivity contribution in [2.75, 3.05) is 26.1 Å². The second-order valence-corrected chi connectivity index (χ2v) is 3.08. The number of benzene rings is 1. The quantitative estimate of drug-likeness (QED) is 0.547. The Balaban J connectivity index is 2.52. The molecule has 1 aromatic carbocycles. The third kappa shape index (κ3) is 1.68. The van der Waals surface area contributed by atoms with Gasteiger partial charge in [0.1, 0.15) is 18.8 Å². The van der Waals surface area contributed by atoms with Crippen LogP contribution in [-0.2, 0) is 4.74 Å². The molecule has 0 aromatic heterocycles. The molecule has 0 radical (unpaired) electrons. The first-order valence-electron chi connectivity index (χ1n) is 4.50. The van der Waals surface area contributed by atoms with E-state index in [0.29, 0.717) is 36.0 Å². The Morgan fingerprint density at radius 2 is 2.13 bits per heavy atom. The maximum Gasteiger partial charge on any atom is 0.341 e. The van der Waals surface area contributed by atoms with E-state index in [-0.39, 0.29) is 0 Å². The maximum absolute atomic E-state index is 11.4. The summed E-state index contributed by atoms with van der Waals surface area (Å²) in [5, 5.41) is 0. The molecule has 5 heteroatoms. The Labute approximate surface area is 86.7 Å². The summed E-state index contributed by atoms with van der Waals surface area (Å²) in [5.41, 5.74) is 6.37. The minimum Gasteiger partial charge on any atom is -0.486 e. The number of anilines is 1. The molecular formula is C10H11NO4. The van der Waals surface area contributed by atoms with Crippen molar-refractivity contribution in [1.82, 2.24) is 0 Å². The van der Waals surface area contributed by atoms with E-state index in [4.69, 9.17) is 15.2 Å². The molecule has 2 N–H and O–H groups in total. The molecule has 1 aliphatic rings. The number of rotatable bonds is 1. The molecule has 0 saturated heterocycles. The Kier molecular flexibility index (Phi) is 2.37. The van der Waals surface area contributed by atoms with Crippen LogP contribution in [0.1, 0.15) is 10.4 Å². The summed E-state index contributed by atoms with van der Waals surface area (Å²) in [6.07, 6.45) is 0. The molecule has 0 amide bonds. The Morgan fingerprint density at radius 1 is 1.40 bits per heavy atom. The fourth-order valence-corrected chi connectivity index (χ4v) is 1.44. The fraction of sp³-hybridized carbons (Fsp3) is 0.300. The van der Waals surface area contributed by atoms with Crippen LogP contribution in [0.2, 0.25) is 0 Å². The zero-order chi connectivity index (χ0) is 10.8. The van der Waals surface area contributed by atoms with Crippen molar-refractivity contribution in [3.8, 4) is 11.5 Å². The largest absolute Gasteiger partial charge is 0.486 e. The summed E-state index contributed by atoms with van der Waals surface area (Å²) in [7, 11) is 1.31. The molecule has 0 unspecified atom stereocenters. The molecule has 0 saturated carbocycles. The summed E-state index contributed by atoms with van der Waals surface area (Å²) in [4.78, 5) is 11.4. The first-order chi connectivity index (χ1) is 7.22. The number of nitrogens with two attached hydrogens (primary N) is 1. The lowest BCUT2D eigenvalue weighted by molar-refractivity contribution is 0.0590. The number of ether oxygens (including phenoxy) is 3. The van der Waals surface area contributed by atoms with E-state index in [0.717, 1.165) is 0 Å². The highest BCUT2D eigenvalue weighted by molar-refractivity contribution is 5.94. The van der Waals surface area contributed by atoms with Gasteiger partial charge in [-0.05, 0) is 6.07 Å². The van der Waals surface area contributed by atoms with E-state index in [1.165, 1.54) is 13.2 Å². The van der Waals surface area contributed by atoms with E-state index >= 15 is 0 Å². The zero-order valence-electron chi connectivity index (χ0n) is 8.28. The van der Waals surface area contributed by atoms with Crippen molar-refractivity contribution >= 4 is 11.7 Å². The number of carbonyl (C=O) groups excluding carboxylic acids is 1. The predicted octanol–water partition coefficient (Wildman–Crippen LogP) is 0.827. The number of nitrogen functional groups attached to an aromatic ring is 1.